The first-order valence-corrected chi connectivity index (χ1v) is 16.4. The summed E-state index contributed by atoms with van der Waals surface area (Å²) in [7, 11) is 1.77. The maximum Gasteiger partial charge on any atom is 0.255 e. The summed E-state index contributed by atoms with van der Waals surface area (Å²) in [6, 6.07) is 14.2. The van der Waals surface area contributed by atoms with Crippen molar-refractivity contribution in [3.8, 4) is 5.75 Å². The largest absolute Gasteiger partial charge is 0.493 e. The maximum absolute atomic E-state index is 13.5. The first-order valence-electron chi connectivity index (χ1n) is 16.4. The van der Waals surface area contributed by atoms with Crippen molar-refractivity contribution in [1.82, 2.24) is 20.4 Å². The number of nitrogens with zero attached hydrogens (tertiary/aromatic N) is 2. The fourth-order valence-electron chi connectivity index (χ4n) is 5.72. The Labute approximate surface area is 262 Å². The lowest BCUT2D eigenvalue weighted by Crippen LogP contribution is -2.49. The molecule has 0 spiro atoms. The van der Waals surface area contributed by atoms with Crippen molar-refractivity contribution >= 4 is 17.7 Å². The Bertz CT molecular complexity index is 1200. The summed E-state index contributed by atoms with van der Waals surface area (Å²) in [5, 5.41) is 5.82. The van der Waals surface area contributed by atoms with Crippen molar-refractivity contribution in [1.29, 1.82) is 0 Å². The van der Waals surface area contributed by atoms with Gasteiger partial charge in [-0.2, -0.15) is 0 Å². The highest BCUT2D eigenvalue weighted by atomic mass is 16.5. The summed E-state index contributed by atoms with van der Waals surface area (Å²) in [6.45, 7) is 5.58. The van der Waals surface area contributed by atoms with Gasteiger partial charge in [0.25, 0.3) is 5.91 Å². The van der Waals surface area contributed by atoms with Crippen LogP contribution in [0.25, 0.3) is 0 Å². The van der Waals surface area contributed by atoms with Crippen LogP contribution in [0.1, 0.15) is 85.7 Å². The number of nitrogens with one attached hydrogen (secondary N) is 2. The number of carbonyl (C=O) groups excluding carboxylic acids is 3. The number of fused-ring (bicyclic) bond motifs is 1. The fraction of sp³-hybridized carbons (Fsp3) is 0.571. The predicted octanol–water partition coefficient (Wildman–Crippen LogP) is 4.69. The minimum atomic E-state index is -1.02. The van der Waals surface area contributed by atoms with Gasteiger partial charge < -0.3 is 25.0 Å². The van der Waals surface area contributed by atoms with Crippen molar-refractivity contribution in [2.75, 3.05) is 46.5 Å². The SMILES string of the molecule is CN1CCCCCCCCCCCOc2ccccc2C(=O)N[C@H](C(=O)NCc2cccc(CN3CCOCC3)c2)CC1=O. The summed E-state index contributed by atoms with van der Waals surface area (Å²) < 4.78 is 11.5. The van der Waals surface area contributed by atoms with Gasteiger partial charge in [-0.25, -0.2) is 0 Å². The zero-order valence-corrected chi connectivity index (χ0v) is 26.4. The summed E-state index contributed by atoms with van der Waals surface area (Å²) in [5.41, 5.74) is 2.49. The number of amides is 3. The molecule has 9 nitrogen and oxygen atoms in total. The molecular formula is C35H50N4O5. The third kappa shape index (κ3) is 11.2. The van der Waals surface area contributed by atoms with E-state index in [0.717, 1.165) is 70.5 Å². The molecule has 0 radical (unpaired) electrons. The molecule has 2 aromatic carbocycles. The van der Waals surface area contributed by atoms with Crippen molar-refractivity contribution in [3.05, 3.63) is 65.2 Å². The maximum atomic E-state index is 13.5. The average Bonchev–Trinajstić information content (AvgIpc) is 3.04. The Morgan fingerprint density at radius 1 is 0.841 bits per heavy atom. The molecule has 2 N–H and O–H groups in total. The van der Waals surface area contributed by atoms with E-state index in [2.05, 4.69) is 27.7 Å². The molecule has 240 valence electrons. The predicted molar refractivity (Wildman–Crippen MR) is 171 cm³/mol. The number of hydrogen-bond acceptors (Lipinski definition) is 6. The van der Waals surface area contributed by atoms with Gasteiger partial charge in [-0.3, -0.25) is 19.3 Å². The summed E-state index contributed by atoms with van der Waals surface area (Å²) in [5.74, 6) is -0.506. The van der Waals surface area contributed by atoms with E-state index >= 15 is 0 Å². The van der Waals surface area contributed by atoms with E-state index in [4.69, 9.17) is 9.47 Å². The molecule has 2 aliphatic rings. The van der Waals surface area contributed by atoms with E-state index in [-0.39, 0.29) is 18.2 Å². The summed E-state index contributed by atoms with van der Waals surface area (Å²) in [6.07, 6.45) is 9.92. The molecule has 2 aromatic rings. The molecule has 0 bridgehead atoms. The van der Waals surface area contributed by atoms with E-state index in [1.165, 1.54) is 31.2 Å². The van der Waals surface area contributed by atoms with Gasteiger partial charge in [-0.1, -0.05) is 81.3 Å². The van der Waals surface area contributed by atoms with Crippen LogP contribution in [-0.4, -0.2) is 80.1 Å². The number of carbonyl (C=O) groups is 3. The lowest BCUT2D eigenvalue weighted by atomic mass is 10.1. The van der Waals surface area contributed by atoms with Gasteiger partial charge >= 0.3 is 0 Å². The Kier molecular flexibility index (Phi) is 14.0. The normalized spacial score (nSPS) is 20.6. The Morgan fingerprint density at radius 2 is 1.52 bits per heavy atom. The van der Waals surface area contributed by atoms with E-state index < -0.39 is 11.9 Å². The monoisotopic (exact) mass is 606 g/mol. The standard InChI is InChI=1S/C35H50N4O5/c1-38-18-11-7-5-3-2-4-6-8-12-21-44-32-17-10-9-16-30(32)34(41)37-31(25-33(38)40)35(42)36-26-28-14-13-15-29(24-28)27-39-19-22-43-23-20-39/h9-10,13-17,24,31H,2-8,11-12,18-23,25-27H2,1H3,(H,36,42)(H,37,41)/t31-/m0/s1. The smallest absolute Gasteiger partial charge is 0.255 e. The third-order valence-electron chi connectivity index (χ3n) is 8.42. The van der Waals surface area contributed by atoms with Crippen LogP contribution in [0, 0.1) is 0 Å². The Balaban J connectivity index is 1.44. The Morgan fingerprint density at radius 3 is 2.30 bits per heavy atom. The second-order valence-corrected chi connectivity index (χ2v) is 12.0. The quantitative estimate of drug-likeness (QED) is 0.513. The molecule has 0 aromatic heterocycles. The lowest BCUT2D eigenvalue weighted by Gasteiger charge is -2.26. The fourth-order valence-corrected chi connectivity index (χ4v) is 5.72. The average molecular weight is 607 g/mol. The van der Waals surface area contributed by atoms with Crippen molar-refractivity contribution in [2.45, 2.75) is 83.3 Å². The lowest BCUT2D eigenvalue weighted by molar-refractivity contribution is -0.133. The van der Waals surface area contributed by atoms with Crippen molar-refractivity contribution in [2.24, 2.45) is 0 Å². The molecule has 9 heteroatoms. The first-order chi connectivity index (χ1) is 21.5. The van der Waals surface area contributed by atoms with Crippen LogP contribution in [0.5, 0.6) is 5.75 Å². The van der Waals surface area contributed by atoms with E-state index in [1.807, 2.05) is 18.2 Å². The van der Waals surface area contributed by atoms with Crippen LogP contribution < -0.4 is 15.4 Å². The highest BCUT2D eigenvalue weighted by Gasteiger charge is 2.27. The zero-order valence-electron chi connectivity index (χ0n) is 26.4. The van der Waals surface area contributed by atoms with Gasteiger partial charge in [-0.15, -0.1) is 0 Å². The van der Waals surface area contributed by atoms with Crippen LogP contribution in [0.3, 0.4) is 0 Å². The summed E-state index contributed by atoms with van der Waals surface area (Å²) in [4.78, 5) is 44.3. The molecular weight excluding hydrogens is 556 g/mol. The minimum absolute atomic E-state index is 0.117. The first kappa shape index (κ1) is 33.5. The third-order valence-corrected chi connectivity index (χ3v) is 8.42. The topological polar surface area (TPSA) is 100 Å². The summed E-state index contributed by atoms with van der Waals surface area (Å²) >= 11 is 0. The molecule has 4 rings (SSSR count). The van der Waals surface area contributed by atoms with E-state index in [1.54, 1.807) is 30.1 Å². The number of rotatable bonds is 5. The highest BCUT2D eigenvalue weighted by Crippen LogP contribution is 2.20. The number of hydrogen-bond donors (Lipinski definition) is 2. The van der Waals surface area contributed by atoms with E-state index in [9.17, 15) is 14.4 Å². The van der Waals surface area contributed by atoms with Crippen LogP contribution in [0.15, 0.2) is 48.5 Å². The highest BCUT2D eigenvalue weighted by molar-refractivity contribution is 6.00. The van der Waals surface area contributed by atoms with Gasteiger partial charge in [0, 0.05) is 39.8 Å². The number of para-hydroxylation sites is 1. The molecule has 1 saturated heterocycles. The van der Waals surface area contributed by atoms with Gasteiger partial charge in [0.2, 0.25) is 11.8 Å². The second-order valence-electron chi connectivity index (χ2n) is 12.0. The molecule has 1 fully saturated rings. The molecule has 1 atom stereocenters. The van der Waals surface area contributed by atoms with Gasteiger partial charge in [-0.05, 0) is 36.1 Å². The minimum Gasteiger partial charge on any atom is -0.493 e. The molecule has 2 aliphatic heterocycles. The van der Waals surface area contributed by atoms with Crippen LogP contribution in [0.2, 0.25) is 0 Å². The number of morpholine rings is 1. The van der Waals surface area contributed by atoms with Crippen LogP contribution in [-0.2, 0) is 27.4 Å². The van der Waals surface area contributed by atoms with Gasteiger partial charge in [0.05, 0.1) is 31.8 Å². The van der Waals surface area contributed by atoms with Crippen LogP contribution >= 0.6 is 0 Å². The van der Waals surface area contributed by atoms with Crippen molar-refractivity contribution in [3.63, 3.8) is 0 Å². The van der Waals surface area contributed by atoms with Gasteiger partial charge in [0.1, 0.15) is 11.8 Å². The molecule has 0 saturated carbocycles. The molecule has 0 aliphatic carbocycles. The molecule has 0 unspecified atom stereocenters. The number of ether oxygens (including phenoxy) is 2. The second kappa shape index (κ2) is 18.4. The van der Waals surface area contributed by atoms with Crippen LogP contribution in [0.4, 0.5) is 0 Å². The Hall–Kier alpha value is -3.43. The molecule has 2 heterocycles. The molecule has 3 amide bonds. The van der Waals surface area contributed by atoms with E-state index in [0.29, 0.717) is 31.0 Å². The van der Waals surface area contributed by atoms with Gasteiger partial charge in [0.15, 0.2) is 0 Å². The van der Waals surface area contributed by atoms with Crippen molar-refractivity contribution < 1.29 is 23.9 Å². The zero-order chi connectivity index (χ0) is 31.0. The number of benzene rings is 2. The molecule has 44 heavy (non-hydrogen) atoms.